The fourth-order valence-corrected chi connectivity index (χ4v) is 3.54. The Morgan fingerprint density at radius 2 is 1.81 bits per heavy atom. The molecular weight excluding hydrogens is 324 g/mol. The fourth-order valence-electron chi connectivity index (χ4n) is 3.54. The van der Waals surface area contributed by atoms with Gasteiger partial charge in [0, 0.05) is 5.69 Å². The molecule has 4 rings (SSSR count). The summed E-state index contributed by atoms with van der Waals surface area (Å²) in [7, 11) is 0. The van der Waals surface area contributed by atoms with Gasteiger partial charge in [-0.2, -0.15) is 0 Å². The van der Waals surface area contributed by atoms with Gasteiger partial charge in [-0.05, 0) is 44.4 Å². The van der Waals surface area contributed by atoms with Gasteiger partial charge in [-0.25, -0.2) is 0 Å². The number of para-hydroxylation sites is 1. The van der Waals surface area contributed by atoms with Gasteiger partial charge in [0.2, 0.25) is 5.91 Å². The first-order chi connectivity index (χ1) is 12.6. The summed E-state index contributed by atoms with van der Waals surface area (Å²) in [6.45, 7) is 4.51. The highest BCUT2D eigenvalue weighted by Gasteiger charge is 2.51. The lowest BCUT2D eigenvalue weighted by Gasteiger charge is -2.17. The minimum atomic E-state index is -0.381. The molecule has 132 valence electrons. The molecule has 1 amide bonds. The Labute approximate surface area is 153 Å². The highest BCUT2D eigenvalue weighted by Crippen LogP contribution is 2.48. The van der Waals surface area contributed by atoms with Gasteiger partial charge < -0.3 is 5.32 Å². The normalized spacial score (nSPS) is 14.8. The number of aromatic nitrogens is 3. The van der Waals surface area contributed by atoms with Crippen molar-refractivity contribution in [2.24, 2.45) is 0 Å². The number of rotatable bonds is 5. The monoisotopic (exact) mass is 346 g/mol. The molecule has 0 atom stereocenters. The summed E-state index contributed by atoms with van der Waals surface area (Å²) in [4.78, 5) is 12.9. The smallest absolute Gasteiger partial charge is 0.231 e. The van der Waals surface area contributed by atoms with E-state index in [-0.39, 0.29) is 11.3 Å². The number of hydrogen-bond acceptors (Lipinski definition) is 3. The molecule has 1 heterocycles. The van der Waals surface area contributed by atoms with Gasteiger partial charge >= 0.3 is 0 Å². The van der Waals surface area contributed by atoms with Gasteiger partial charge in [0.05, 0.1) is 12.0 Å². The maximum absolute atomic E-state index is 12.9. The maximum atomic E-state index is 12.9. The molecule has 1 aromatic heterocycles. The predicted molar refractivity (Wildman–Crippen MR) is 100 cm³/mol. The molecule has 5 heteroatoms. The van der Waals surface area contributed by atoms with Crippen LogP contribution in [0.2, 0.25) is 0 Å². The van der Waals surface area contributed by atoms with E-state index >= 15 is 0 Å². The summed E-state index contributed by atoms with van der Waals surface area (Å²) >= 11 is 0. The number of aryl methyl sites for hydroxylation is 2. The van der Waals surface area contributed by atoms with Gasteiger partial charge in [-0.3, -0.25) is 9.36 Å². The summed E-state index contributed by atoms with van der Waals surface area (Å²) in [6.07, 6.45) is 3.47. The van der Waals surface area contributed by atoms with Crippen molar-refractivity contribution in [2.75, 3.05) is 0 Å². The van der Waals surface area contributed by atoms with Crippen molar-refractivity contribution in [1.29, 1.82) is 0 Å². The van der Waals surface area contributed by atoms with Crippen LogP contribution in [0.3, 0.4) is 0 Å². The molecule has 0 radical (unpaired) electrons. The van der Waals surface area contributed by atoms with Crippen LogP contribution < -0.4 is 5.32 Å². The van der Waals surface area contributed by atoms with E-state index in [1.807, 2.05) is 34.9 Å². The van der Waals surface area contributed by atoms with Crippen LogP contribution >= 0.6 is 0 Å². The highest BCUT2D eigenvalue weighted by molar-refractivity contribution is 5.91. The third-order valence-corrected chi connectivity index (χ3v) is 5.02. The average molecular weight is 346 g/mol. The minimum absolute atomic E-state index is 0.0742. The van der Waals surface area contributed by atoms with Crippen LogP contribution in [-0.4, -0.2) is 20.7 Å². The number of carbonyl (C=O) groups is 1. The number of carbonyl (C=O) groups excluding carboxylic acids is 1. The molecule has 1 aliphatic rings. The van der Waals surface area contributed by atoms with Crippen molar-refractivity contribution in [3.8, 4) is 5.69 Å². The molecule has 0 saturated heterocycles. The van der Waals surface area contributed by atoms with Crippen molar-refractivity contribution in [2.45, 2.75) is 38.6 Å². The van der Waals surface area contributed by atoms with E-state index < -0.39 is 0 Å². The van der Waals surface area contributed by atoms with Crippen LogP contribution in [0.1, 0.15) is 35.4 Å². The third kappa shape index (κ3) is 3.01. The van der Waals surface area contributed by atoms with Crippen LogP contribution in [0, 0.1) is 13.8 Å². The van der Waals surface area contributed by atoms with Crippen LogP contribution in [0.15, 0.2) is 54.9 Å². The zero-order valence-corrected chi connectivity index (χ0v) is 15.1. The zero-order chi connectivity index (χ0) is 18.1. The highest BCUT2D eigenvalue weighted by atomic mass is 16.2. The molecule has 26 heavy (non-hydrogen) atoms. The Hall–Kier alpha value is -2.95. The van der Waals surface area contributed by atoms with Gasteiger partial charge in [0.1, 0.15) is 6.33 Å². The van der Waals surface area contributed by atoms with Crippen molar-refractivity contribution >= 4 is 5.91 Å². The Kier molecular flexibility index (Phi) is 4.07. The molecule has 1 saturated carbocycles. The number of benzene rings is 2. The van der Waals surface area contributed by atoms with Crippen LogP contribution in [-0.2, 0) is 16.8 Å². The number of nitrogens with zero attached hydrogens (tertiary/aromatic N) is 3. The van der Waals surface area contributed by atoms with E-state index in [0.29, 0.717) is 6.54 Å². The molecule has 5 nitrogen and oxygen atoms in total. The molecule has 1 fully saturated rings. The van der Waals surface area contributed by atoms with E-state index in [4.69, 9.17) is 0 Å². The van der Waals surface area contributed by atoms with E-state index in [1.165, 1.54) is 11.1 Å². The van der Waals surface area contributed by atoms with Crippen molar-refractivity contribution in [3.05, 3.63) is 77.4 Å². The average Bonchev–Trinajstić information content (AvgIpc) is 3.32. The maximum Gasteiger partial charge on any atom is 0.231 e. The molecule has 0 unspecified atom stereocenters. The van der Waals surface area contributed by atoms with Gasteiger partial charge in [0.15, 0.2) is 5.82 Å². The molecule has 1 aliphatic carbocycles. The Bertz CT molecular complexity index is 921. The zero-order valence-electron chi connectivity index (χ0n) is 15.1. The Morgan fingerprint density at radius 3 is 2.46 bits per heavy atom. The summed E-state index contributed by atoms with van der Waals surface area (Å²) in [5.74, 6) is 0.797. The molecule has 1 N–H and O–H groups in total. The summed E-state index contributed by atoms with van der Waals surface area (Å²) in [5.41, 5.74) is 4.12. The summed E-state index contributed by atoms with van der Waals surface area (Å²) in [6, 6.07) is 16.3. The Balaban J connectivity index is 1.51. The number of amides is 1. The lowest BCUT2D eigenvalue weighted by atomic mass is 9.92. The molecular formula is C21H22N4O. The van der Waals surface area contributed by atoms with Crippen molar-refractivity contribution in [1.82, 2.24) is 20.1 Å². The molecule has 0 bridgehead atoms. The fraction of sp³-hybridized carbons (Fsp3) is 0.286. The Morgan fingerprint density at radius 1 is 1.12 bits per heavy atom. The van der Waals surface area contributed by atoms with Crippen molar-refractivity contribution in [3.63, 3.8) is 0 Å². The SMILES string of the molecule is Cc1cc(C)cc(C2(C(=O)NCc3nncn3-c3ccccc3)CC2)c1. The van der Waals surface area contributed by atoms with E-state index in [0.717, 1.165) is 29.9 Å². The first-order valence-corrected chi connectivity index (χ1v) is 8.90. The third-order valence-electron chi connectivity index (χ3n) is 5.02. The van der Waals surface area contributed by atoms with Gasteiger partial charge in [-0.1, -0.05) is 47.5 Å². The predicted octanol–water partition coefficient (Wildman–Crippen LogP) is 3.23. The molecule has 0 aliphatic heterocycles. The second-order valence-corrected chi connectivity index (χ2v) is 7.09. The first-order valence-electron chi connectivity index (χ1n) is 8.90. The van der Waals surface area contributed by atoms with Crippen LogP contribution in [0.4, 0.5) is 0 Å². The quantitative estimate of drug-likeness (QED) is 0.771. The topological polar surface area (TPSA) is 59.8 Å². The number of hydrogen-bond donors (Lipinski definition) is 1. The van der Waals surface area contributed by atoms with Gasteiger partial charge in [0.25, 0.3) is 0 Å². The van der Waals surface area contributed by atoms with Crippen molar-refractivity contribution < 1.29 is 4.79 Å². The van der Waals surface area contributed by atoms with E-state index in [1.54, 1.807) is 6.33 Å². The summed E-state index contributed by atoms with van der Waals surface area (Å²) < 4.78 is 1.90. The van der Waals surface area contributed by atoms with E-state index in [9.17, 15) is 4.79 Å². The molecule has 2 aromatic carbocycles. The minimum Gasteiger partial charge on any atom is -0.348 e. The van der Waals surface area contributed by atoms with Crippen LogP contribution in [0.5, 0.6) is 0 Å². The van der Waals surface area contributed by atoms with Crippen LogP contribution in [0.25, 0.3) is 5.69 Å². The van der Waals surface area contributed by atoms with Gasteiger partial charge in [-0.15, -0.1) is 10.2 Å². The second-order valence-electron chi connectivity index (χ2n) is 7.09. The first kappa shape index (κ1) is 16.5. The second kappa shape index (κ2) is 6.41. The molecule has 0 spiro atoms. The summed E-state index contributed by atoms with van der Waals surface area (Å²) in [5, 5.41) is 11.2. The van der Waals surface area contributed by atoms with E-state index in [2.05, 4.69) is 47.6 Å². The molecule has 3 aromatic rings. The largest absolute Gasteiger partial charge is 0.348 e. The standard InChI is InChI=1S/C21H22N4O/c1-15-10-16(2)12-17(11-15)21(8-9-21)20(26)22-13-19-24-23-14-25(19)18-6-4-3-5-7-18/h3-7,10-12,14H,8-9,13H2,1-2H3,(H,22,26). The lowest BCUT2D eigenvalue weighted by Crippen LogP contribution is -2.35. The lowest BCUT2D eigenvalue weighted by molar-refractivity contribution is -0.123. The number of nitrogens with one attached hydrogen (secondary N) is 1.